The standard InChI is InChI=1S/C26H26FN3O4S/c1-18-6-9-23(10-7-18)35(33,34)28-22-5-3-4-21(16-22)26(32)30-14-12-29(13-15-30)25-11-8-20(19(2)31)17-24(25)27/h3-11,16-17,28H,12-15H2,1-2H3. The van der Waals surface area contributed by atoms with Crippen LogP contribution in [0, 0.1) is 12.7 Å². The number of nitrogens with zero attached hydrogens (tertiary/aromatic N) is 2. The Morgan fingerprint density at radius 2 is 1.57 bits per heavy atom. The highest BCUT2D eigenvalue weighted by molar-refractivity contribution is 7.92. The number of benzene rings is 3. The molecule has 1 heterocycles. The van der Waals surface area contributed by atoms with Gasteiger partial charge in [0, 0.05) is 43.0 Å². The fraction of sp³-hybridized carbons (Fsp3) is 0.231. The molecule has 182 valence electrons. The highest BCUT2D eigenvalue weighted by Gasteiger charge is 2.24. The molecule has 1 fully saturated rings. The maximum atomic E-state index is 14.5. The molecule has 0 unspecified atom stereocenters. The molecule has 9 heteroatoms. The van der Waals surface area contributed by atoms with Crippen LogP contribution in [0.25, 0.3) is 0 Å². The summed E-state index contributed by atoms with van der Waals surface area (Å²) in [4.78, 5) is 28.2. The van der Waals surface area contributed by atoms with Crippen LogP contribution in [0.1, 0.15) is 33.2 Å². The van der Waals surface area contributed by atoms with Crippen molar-refractivity contribution in [3.05, 3.63) is 89.2 Å². The Balaban J connectivity index is 1.42. The summed E-state index contributed by atoms with van der Waals surface area (Å²) in [5, 5.41) is 0. The zero-order chi connectivity index (χ0) is 25.2. The van der Waals surface area contributed by atoms with Crippen molar-refractivity contribution in [1.29, 1.82) is 0 Å². The second kappa shape index (κ2) is 9.87. The molecule has 1 amide bonds. The maximum absolute atomic E-state index is 14.5. The molecule has 1 saturated heterocycles. The van der Waals surface area contributed by atoms with Gasteiger partial charge in [0.15, 0.2) is 5.78 Å². The summed E-state index contributed by atoms with van der Waals surface area (Å²) in [6.45, 7) is 4.89. The van der Waals surface area contributed by atoms with Gasteiger partial charge in [-0.2, -0.15) is 0 Å². The molecule has 35 heavy (non-hydrogen) atoms. The minimum Gasteiger partial charge on any atom is -0.366 e. The molecule has 1 aliphatic heterocycles. The second-order valence-corrected chi connectivity index (χ2v) is 10.2. The number of ketones is 1. The number of hydrogen-bond donors (Lipinski definition) is 1. The van der Waals surface area contributed by atoms with Gasteiger partial charge >= 0.3 is 0 Å². The van der Waals surface area contributed by atoms with Crippen molar-refractivity contribution in [3.63, 3.8) is 0 Å². The molecule has 0 saturated carbocycles. The van der Waals surface area contributed by atoms with Crippen LogP contribution in [-0.2, 0) is 10.0 Å². The van der Waals surface area contributed by atoms with Crippen LogP contribution < -0.4 is 9.62 Å². The highest BCUT2D eigenvalue weighted by atomic mass is 32.2. The van der Waals surface area contributed by atoms with Crippen molar-refractivity contribution in [1.82, 2.24) is 4.90 Å². The summed E-state index contributed by atoms with van der Waals surface area (Å²) in [6.07, 6.45) is 0. The van der Waals surface area contributed by atoms with E-state index in [1.165, 1.54) is 31.2 Å². The third-order valence-electron chi connectivity index (χ3n) is 5.95. The van der Waals surface area contributed by atoms with E-state index in [9.17, 15) is 22.4 Å². The van der Waals surface area contributed by atoms with Crippen LogP contribution in [-0.4, -0.2) is 51.2 Å². The molecule has 3 aromatic carbocycles. The van der Waals surface area contributed by atoms with Gasteiger partial charge in [-0.05, 0) is 62.4 Å². The Morgan fingerprint density at radius 3 is 2.20 bits per heavy atom. The minimum atomic E-state index is -3.79. The van der Waals surface area contributed by atoms with Gasteiger partial charge in [-0.1, -0.05) is 23.8 Å². The van der Waals surface area contributed by atoms with E-state index < -0.39 is 15.8 Å². The largest absolute Gasteiger partial charge is 0.366 e. The summed E-state index contributed by atoms with van der Waals surface area (Å²) >= 11 is 0. The number of nitrogens with one attached hydrogen (secondary N) is 1. The zero-order valence-electron chi connectivity index (χ0n) is 19.5. The van der Waals surface area contributed by atoms with Gasteiger partial charge in [-0.15, -0.1) is 0 Å². The molecule has 3 aromatic rings. The Bertz CT molecular complexity index is 1370. The normalized spacial score (nSPS) is 14.0. The van der Waals surface area contributed by atoms with Crippen molar-refractivity contribution >= 4 is 33.1 Å². The van der Waals surface area contributed by atoms with E-state index in [2.05, 4.69) is 4.72 Å². The van der Waals surface area contributed by atoms with Gasteiger partial charge < -0.3 is 9.80 Å². The van der Waals surface area contributed by atoms with Gasteiger partial charge in [-0.25, -0.2) is 12.8 Å². The lowest BCUT2D eigenvalue weighted by Crippen LogP contribution is -2.49. The van der Waals surface area contributed by atoms with Gasteiger partial charge in [-0.3, -0.25) is 14.3 Å². The predicted octanol–water partition coefficient (Wildman–Crippen LogP) is 4.10. The van der Waals surface area contributed by atoms with Crippen LogP contribution in [0.15, 0.2) is 71.6 Å². The zero-order valence-corrected chi connectivity index (χ0v) is 20.3. The molecule has 1 aliphatic rings. The number of hydrogen-bond acceptors (Lipinski definition) is 5. The SMILES string of the molecule is CC(=O)c1ccc(N2CCN(C(=O)c3cccc(NS(=O)(=O)c4ccc(C)cc4)c3)CC2)c(F)c1. The van der Waals surface area contributed by atoms with Crippen LogP contribution in [0.5, 0.6) is 0 Å². The Morgan fingerprint density at radius 1 is 0.886 bits per heavy atom. The molecule has 0 atom stereocenters. The Kier molecular flexibility index (Phi) is 6.88. The van der Waals surface area contributed by atoms with Gasteiger partial charge in [0.25, 0.3) is 15.9 Å². The molecule has 1 N–H and O–H groups in total. The molecule has 7 nitrogen and oxygen atoms in total. The van der Waals surface area contributed by atoms with E-state index >= 15 is 0 Å². The summed E-state index contributed by atoms with van der Waals surface area (Å²) in [5.74, 6) is -0.895. The van der Waals surface area contributed by atoms with Gasteiger partial charge in [0.05, 0.1) is 10.6 Å². The third-order valence-corrected chi connectivity index (χ3v) is 7.35. The van der Waals surface area contributed by atoms with Crippen molar-refractivity contribution < 1.29 is 22.4 Å². The quantitative estimate of drug-likeness (QED) is 0.521. The number of Topliss-reactive ketones (excluding diaryl/α,β-unsaturated/α-hetero) is 1. The monoisotopic (exact) mass is 495 g/mol. The van der Waals surface area contributed by atoms with Crippen LogP contribution in [0.4, 0.5) is 15.8 Å². The maximum Gasteiger partial charge on any atom is 0.261 e. The summed E-state index contributed by atoms with van der Waals surface area (Å²) in [6, 6.07) is 17.3. The first-order chi connectivity index (χ1) is 16.6. The number of rotatable bonds is 6. The topological polar surface area (TPSA) is 86.8 Å². The van der Waals surface area contributed by atoms with E-state index in [1.807, 2.05) is 11.8 Å². The van der Waals surface area contributed by atoms with Crippen molar-refractivity contribution in [3.8, 4) is 0 Å². The Hall–Kier alpha value is -3.72. The molecule has 0 spiro atoms. The number of amides is 1. The molecule has 0 aliphatic carbocycles. The van der Waals surface area contributed by atoms with E-state index in [0.29, 0.717) is 48.7 Å². The molecular formula is C26H26FN3O4S. The van der Waals surface area contributed by atoms with Crippen LogP contribution >= 0.6 is 0 Å². The molecule has 0 aromatic heterocycles. The summed E-state index contributed by atoms with van der Waals surface area (Å²) < 4.78 is 42.4. The van der Waals surface area contributed by atoms with Crippen molar-refractivity contribution in [2.75, 3.05) is 35.8 Å². The van der Waals surface area contributed by atoms with E-state index in [4.69, 9.17) is 0 Å². The number of carbonyl (C=O) groups is 2. The van der Waals surface area contributed by atoms with Crippen molar-refractivity contribution in [2.45, 2.75) is 18.7 Å². The number of aryl methyl sites for hydroxylation is 1. The molecule has 4 rings (SSSR count). The third kappa shape index (κ3) is 5.51. The first kappa shape index (κ1) is 24.4. The number of anilines is 2. The Labute approximate surface area is 204 Å². The highest BCUT2D eigenvalue weighted by Crippen LogP contribution is 2.24. The fourth-order valence-electron chi connectivity index (χ4n) is 3.96. The number of piperazine rings is 1. The average Bonchev–Trinajstić information content (AvgIpc) is 2.84. The van der Waals surface area contributed by atoms with Gasteiger partial charge in [0.2, 0.25) is 0 Å². The molecular weight excluding hydrogens is 469 g/mol. The average molecular weight is 496 g/mol. The minimum absolute atomic E-state index is 0.138. The van der Waals surface area contributed by atoms with Crippen molar-refractivity contribution in [2.24, 2.45) is 0 Å². The van der Waals surface area contributed by atoms with E-state index in [-0.39, 0.29) is 16.6 Å². The first-order valence-electron chi connectivity index (χ1n) is 11.2. The number of carbonyl (C=O) groups excluding carboxylic acids is 2. The number of halogens is 1. The van der Waals surface area contributed by atoms with Crippen LogP contribution in [0.2, 0.25) is 0 Å². The fourth-order valence-corrected chi connectivity index (χ4v) is 5.01. The van der Waals surface area contributed by atoms with Gasteiger partial charge in [0.1, 0.15) is 5.82 Å². The lowest BCUT2D eigenvalue weighted by Gasteiger charge is -2.36. The summed E-state index contributed by atoms with van der Waals surface area (Å²) in [7, 11) is -3.79. The van der Waals surface area contributed by atoms with E-state index in [1.54, 1.807) is 47.4 Å². The molecule has 0 bridgehead atoms. The smallest absolute Gasteiger partial charge is 0.261 e. The van der Waals surface area contributed by atoms with E-state index in [0.717, 1.165) is 5.56 Å². The first-order valence-corrected chi connectivity index (χ1v) is 12.7. The molecule has 0 radical (unpaired) electrons. The second-order valence-electron chi connectivity index (χ2n) is 8.50. The summed E-state index contributed by atoms with van der Waals surface area (Å²) in [5.41, 5.74) is 2.32. The lowest BCUT2D eigenvalue weighted by atomic mass is 10.1. The van der Waals surface area contributed by atoms with Crippen LogP contribution in [0.3, 0.4) is 0 Å². The predicted molar refractivity (Wildman–Crippen MR) is 133 cm³/mol. The lowest BCUT2D eigenvalue weighted by molar-refractivity contribution is 0.0746. The number of sulfonamides is 1.